The molecule has 0 atom stereocenters. The van der Waals surface area contributed by atoms with Crippen molar-refractivity contribution in [2.45, 2.75) is 24.7 Å². The van der Waals surface area contributed by atoms with Gasteiger partial charge in [-0.15, -0.1) is 0 Å². The molecule has 21 heavy (non-hydrogen) atoms. The van der Waals surface area contributed by atoms with Gasteiger partial charge in [0.25, 0.3) is 5.69 Å². The fraction of sp³-hybridized carbons (Fsp3) is 0.538. The van der Waals surface area contributed by atoms with E-state index in [1.807, 2.05) is 0 Å². The van der Waals surface area contributed by atoms with Crippen LogP contribution in [0.2, 0.25) is 0 Å². The predicted molar refractivity (Wildman–Crippen MR) is 79.8 cm³/mol. The lowest BCUT2D eigenvalue weighted by atomic mass is 10.0. The average Bonchev–Trinajstić information content (AvgIpc) is 2.46. The van der Waals surface area contributed by atoms with E-state index < -0.39 is 14.9 Å². The number of hydrogen-bond acceptors (Lipinski definition) is 5. The molecule has 0 radical (unpaired) electrons. The van der Waals surface area contributed by atoms with Crippen LogP contribution >= 0.6 is 0 Å². The molecular weight excluding hydrogens is 294 g/mol. The fourth-order valence-electron chi connectivity index (χ4n) is 2.41. The van der Waals surface area contributed by atoms with Crippen LogP contribution in [0, 0.1) is 16.0 Å². The minimum Gasteiger partial charge on any atom is -0.387 e. The van der Waals surface area contributed by atoms with Crippen molar-refractivity contribution >= 4 is 21.4 Å². The molecule has 1 aromatic rings. The van der Waals surface area contributed by atoms with Gasteiger partial charge in [-0.25, -0.2) is 8.42 Å². The number of piperidine rings is 1. The highest BCUT2D eigenvalue weighted by Gasteiger charge is 2.31. The van der Waals surface area contributed by atoms with E-state index in [-0.39, 0.29) is 10.6 Å². The van der Waals surface area contributed by atoms with Crippen LogP contribution in [0.4, 0.5) is 11.4 Å². The molecule has 1 aromatic carbocycles. The number of rotatable bonds is 4. The zero-order valence-corrected chi connectivity index (χ0v) is 12.9. The number of anilines is 1. The molecule has 7 nitrogen and oxygen atoms in total. The van der Waals surface area contributed by atoms with Crippen molar-refractivity contribution in [1.82, 2.24) is 4.31 Å². The van der Waals surface area contributed by atoms with E-state index in [9.17, 15) is 18.5 Å². The van der Waals surface area contributed by atoms with Gasteiger partial charge in [0.1, 0.15) is 4.90 Å². The molecule has 1 aliphatic heterocycles. The third-order valence-electron chi connectivity index (χ3n) is 3.81. The Morgan fingerprint density at radius 1 is 1.33 bits per heavy atom. The Hall–Kier alpha value is -1.67. The summed E-state index contributed by atoms with van der Waals surface area (Å²) in [6.07, 6.45) is 1.62. The van der Waals surface area contributed by atoms with Gasteiger partial charge in [0, 0.05) is 32.3 Å². The van der Waals surface area contributed by atoms with E-state index in [0.717, 1.165) is 18.9 Å². The summed E-state index contributed by atoms with van der Waals surface area (Å²) in [7, 11) is -2.12. The Bertz CT molecular complexity index is 637. The van der Waals surface area contributed by atoms with Crippen molar-refractivity contribution in [3.8, 4) is 0 Å². The summed E-state index contributed by atoms with van der Waals surface area (Å²) in [6.45, 7) is 3.00. The molecule has 0 saturated carbocycles. The molecule has 0 unspecified atom stereocenters. The third-order valence-corrected chi connectivity index (χ3v) is 5.74. The smallest absolute Gasteiger partial charge is 0.270 e. The van der Waals surface area contributed by atoms with E-state index in [0.29, 0.717) is 24.7 Å². The van der Waals surface area contributed by atoms with E-state index >= 15 is 0 Å². The molecule has 1 heterocycles. The highest BCUT2D eigenvalue weighted by molar-refractivity contribution is 7.89. The Kier molecular flexibility index (Phi) is 4.48. The summed E-state index contributed by atoms with van der Waals surface area (Å²) >= 11 is 0. The lowest BCUT2D eigenvalue weighted by molar-refractivity contribution is -0.385. The van der Waals surface area contributed by atoms with Gasteiger partial charge in [0.2, 0.25) is 10.0 Å². The molecular formula is C13H19N3O4S. The average molecular weight is 313 g/mol. The third kappa shape index (κ3) is 3.16. The first-order valence-corrected chi connectivity index (χ1v) is 8.26. The summed E-state index contributed by atoms with van der Waals surface area (Å²) in [6, 6.07) is 3.85. The Morgan fingerprint density at radius 2 is 1.95 bits per heavy atom. The molecule has 1 N–H and O–H groups in total. The second kappa shape index (κ2) is 5.98. The number of nitro benzene ring substituents is 1. The van der Waals surface area contributed by atoms with Crippen LogP contribution in [0.15, 0.2) is 23.1 Å². The van der Waals surface area contributed by atoms with Crippen molar-refractivity contribution in [3.63, 3.8) is 0 Å². The first-order valence-electron chi connectivity index (χ1n) is 6.82. The summed E-state index contributed by atoms with van der Waals surface area (Å²) in [5, 5.41) is 13.7. The van der Waals surface area contributed by atoms with Crippen LogP contribution in [0.5, 0.6) is 0 Å². The standard InChI is InChI=1S/C13H19N3O4S/c1-10-5-7-15(8-6-10)21(19,20)13-9-11(16(17)18)3-4-12(13)14-2/h3-4,9-10,14H,5-8H2,1-2H3. The number of hydrogen-bond donors (Lipinski definition) is 1. The second-order valence-corrected chi connectivity index (χ2v) is 7.18. The van der Waals surface area contributed by atoms with Crippen molar-refractivity contribution in [1.29, 1.82) is 0 Å². The number of nitrogens with zero attached hydrogens (tertiary/aromatic N) is 2. The van der Waals surface area contributed by atoms with Crippen LogP contribution in [0.25, 0.3) is 0 Å². The van der Waals surface area contributed by atoms with Gasteiger partial charge in [0.15, 0.2) is 0 Å². The van der Waals surface area contributed by atoms with Crippen molar-refractivity contribution < 1.29 is 13.3 Å². The van der Waals surface area contributed by atoms with Crippen LogP contribution < -0.4 is 5.32 Å². The molecule has 2 rings (SSSR count). The van der Waals surface area contributed by atoms with E-state index in [2.05, 4.69) is 12.2 Å². The van der Waals surface area contributed by atoms with Crippen molar-refractivity contribution in [3.05, 3.63) is 28.3 Å². The Morgan fingerprint density at radius 3 is 2.48 bits per heavy atom. The second-order valence-electron chi connectivity index (χ2n) is 5.27. The molecule has 0 spiro atoms. The van der Waals surface area contributed by atoms with Gasteiger partial charge in [-0.05, 0) is 24.8 Å². The number of sulfonamides is 1. The first-order chi connectivity index (χ1) is 9.86. The van der Waals surface area contributed by atoms with E-state index in [1.54, 1.807) is 7.05 Å². The van der Waals surface area contributed by atoms with Gasteiger partial charge in [-0.2, -0.15) is 4.31 Å². The summed E-state index contributed by atoms with van der Waals surface area (Å²) in [5.74, 6) is 0.505. The lowest BCUT2D eigenvalue weighted by Crippen LogP contribution is -2.38. The number of non-ortho nitro benzene ring substituents is 1. The maximum absolute atomic E-state index is 12.7. The Labute approximate surface area is 124 Å². The zero-order valence-electron chi connectivity index (χ0n) is 12.1. The maximum atomic E-state index is 12.7. The minimum atomic E-state index is -3.72. The summed E-state index contributed by atoms with van der Waals surface area (Å²) in [4.78, 5) is 10.3. The molecule has 0 bridgehead atoms. The predicted octanol–water partition coefficient (Wildman–Crippen LogP) is 2.06. The van der Waals surface area contributed by atoms with Gasteiger partial charge < -0.3 is 5.32 Å². The van der Waals surface area contributed by atoms with Crippen molar-refractivity contribution in [2.24, 2.45) is 5.92 Å². The number of nitro groups is 1. The molecule has 1 fully saturated rings. The van der Waals surface area contributed by atoms with Gasteiger partial charge in [-0.3, -0.25) is 10.1 Å². The largest absolute Gasteiger partial charge is 0.387 e. The molecule has 116 valence electrons. The quantitative estimate of drug-likeness (QED) is 0.678. The highest BCUT2D eigenvalue weighted by atomic mass is 32.2. The van der Waals surface area contributed by atoms with E-state index in [1.165, 1.54) is 16.4 Å². The zero-order chi connectivity index (χ0) is 15.6. The Balaban J connectivity index is 2.43. The molecule has 1 aliphatic rings. The normalized spacial score (nSPS) is 17.6. The SMILES string of the molecule is CNc1ccc([N+](=O)[O-])cc1S(=O)(=O)N1CCC(C)CC1. The molecule has 0 aliphatic carbocycles. The number of nitrogens with one attached hydrogen (secondary N) is 1. The molecule has 1 saturated heterocycles. The molecule has 0 amide bonds. The fourth-order valence-corrected chi connectivity index (χ4v) is 4.10. The van der Waals surface area contributed by atoms with Gasteiger partial charge >= 0.3 is 0 Å². The van der Waals surface area contributed by atoms with Crippen LogP contribution in [-0.4, -0.2) is 37.8 Å². The highest BCUT2D eigenvalue weighted by Crippen LogP contribution is 2.30. The maximum Gasteiger partial charge on any atom is 0.270 e. The number of benzene rings is 1. The van der Waals surface area contributed by atoms with Crippen molar-refractivity contribution in [2.75, 3.05) is 25.5 Å². The first kappa shape index (κ1) is 15.7. The van der Waals surface area contributed by atoms with Crippen LogP contribution in [0.3, 0.4) is 0 Å². The lowest BCUT2D eigenvalue weighted by Gasteiger charge is -2.29. The topological polar surface area (TPSA) is 92.5 Å². The molecule has 0 aromatic heterocycles. The van der Waals surface area contributed by atoms with E-state index in [4.69, 9.17) is 0 Å². The van der Waals surface area contributed by atoms with Gasteiger partial charge in [0.05, 0.1) is 10.6 Å². The minimum absolute atomic E-state index is 0.0336. The van der Waals surface area contributed by atoms with Crippen LogP contribution in [-0.2, 0) is 10.0 Å². The molecule has 8 heteroatoms. The summed E-state index contributed by atoms with van der Waals surface area (Å²) < 4.78 is 26.8. The van der Waals surface area contributed by atoms with Crippen LogP contribution in [0.1, 0.15) is 19.8 Å². The monoisotopic (exact) mass is 313 g/mol. The van der Waals surface area contributed by atoms with Gasteiger partial charge in [-0.1, -0.05) is 6.92 Å². The summed E-state index contributed by atoms with van der Waals surface area (Å²) in [5.41, 5.74) is 0.150.